The number of carbonyl (C=O) groups is 3. The maximum atomic E-state index is 14.4. The summed E-state index contributed by atoms with van der Waals surface area (Å²) in [6, 6.07) is 7.19. The molecule has 0 bridgehead atoms. The summed E-state index contributed by atoms with van der Waals surface area (Å²) in [6.45, 7) is 2.35. The number of sulfone groups is 1. The third-order valence-corrected chi connectivity index (χ3v) is 10.4. The van der Waals surface area contributed by atoms with Gasteiger partial charge in [0, 0.05) is 36.8 Å². The lowest BCUT2D eigenvalue weighted by Gasteiger charge is -2.39. The van der Waals surface area contributed by atoms with E-state index >= 15 is 0 Å². The number of nitrogens with one attached hydrogen (secondary N) is 1. The summed E-state index contributed by atoms with van der Waals surface area (Å²) in [4.78, 5) is 44.5. The molecule has 2 aromatic carbocycles. The van der Waals surface area contributed by atoms with Crippen LogP contribution in [0, 0.1) is 17.1 Å². The lowest BCUT2D eigenvalue weighted by Crippen LogP contribution is -2.56. The van der Waals surface area contributed by atoms with Crippen LogP contribution in [0.5, 0.6) is 0 Å². The number of carbonyl (C=O) groups excluding carboxylic acids is 3. The van der Waals surface area contributed by atoms with Crippen LogP contribution in [-0.2, 0) is 25.5 Å². The number of nitrogens with zero attached hydrogens (tertiary/aromatic N) is 5. The average Bonchev–Trinajstić information content (AvgIpc) is 3.62. The van der Waals surface area contributed by atoms with Crippen molar-refractivity contribution < 1.29 is 45.1 Å². The highest BCUT2D eigenvalue weighted by atomic mass is 32.2. The van der Waals surface area contributed by atoms with Gasteiger partial charge in [-0.2, -0.15) is 23.5 Å². The van der Waals surface area contributed by atoms with Gasteiger partial charge in [0.1, 0.15) is 29.6 Å². The van der Waals surface area contributed by atoms with Crippen LogP contribution in [0.25, 0.3) is 0 Å². The summed E-state index contributed by atoms with van der Waals surface area (Å²) in [5, 5.41) is 17.0. The van der Waals surface area contributed by atoms with Gasteiger partial charge in [-0.15, -0.1) is 0 Å². The van der Waals surface area contributed by atoms with Crippen LogP contribution in [0.4, 0.5) is 23.4 Å². The Labute approximate surface area is 278 Å². The topological polar surface area (TPSA) is 155 Å². The Morgan fingerprint density at radius 2 is 1.82 bits per heavy atom. The van der Waals surface area contributed by atoms with Gasteiger partial charge in [-0.05, 0) is 55.7 Å². The number of hydrogen-bond donors (Lipinski definition) is 1. The summed E-state index contributed by atoms with van der Waals surface area (Å²) >= 11 is 0. The number of halogens is 4. The maximum absolute atomic E-state index is 14.4. The van der Waals surface area contributed by atoms with Crippen LogP contribution >= 0.6 is 0 Å². The predicted octanol–water partition coefficient (Wildman–Crippen LogP) is 3.41. The van der Waals surface area contributed by atoms with E-state index in [0.29, 0.717) is 32.1 Å². The lowest BCUT2D eigenvalue weighted by molar-refractivity contribution is -0.137. The van der Waals surface area contributed by atoms with Crippen molar-refractivity contribution in [2.24, 2.45) is 0 Å². The van der Waals surface area contributed by atoms with Crippen LogP contribution in [-0.4, -0.2) is 84.3 Å². The van der Waals surface area contributed by atoms with Crippen molar-refractivity contribution in [1.29, 1.82) is 5.26 Å². The van der Waals surface area contributed by atoms with Gasteiger partial charge >= 0.3 is 6.18 Å². The Bertz CT molecular complexity index is 1950. The third-order valence-electron chi connectivity index (χ3n) is 8.91. The van der Waals surface area contributed by atoms with Crippen LogP contribution in [0.2, 0.25) is 0 Å². The fourth-order valence-electron chi connectivity index (χ4n) is 6.59. The van der Waals surface area contributed by atoms with E-state index in [1.807, 2.05) is 6.07 Å². The molecule has 0 spiro atoms. The Morgan fingerprint density at radius 3 is 2.45 bits per heavy atom. The molecule has 0 aliphatic carbocycles. The van der Waals surface area contributed by atoms with Crippen molar-refractivity contribution in [3.63, 3.8) is 0 Å². The van der Waals surface area contributed by atoms with E-state index in [1.54, 1.807) is 6.92 Å². The van der Waals surface area contributed by atoms with Crippen LogP contribution in [0.1, 0.15) is 69.3 Å². The molecule has 3 aliphatic heterocycles. The summed E-state index contributed by atoms with van der Waals surface area (Å²) < 4.78 is 86.8. The Hall–Kier alpha value is -4.82. The Kier molecular flexibility index (Phi) is 8.96. The fraction of sp³-hybridized carbons (Fsp3) is 0.406. The first-order valence-electron chi connectivity index (χ1n) is 15.4. The number of aromatic nitrogens is 2. The first kappa shape index (κ1) is 34.1. The third kappa shape index (κ3) is 6.37. The molecule has 3 amide bonds. The van der Waals surface area contributed by atoms with Crippen molar-refractivity contribution in [1.82, 2.24) is 20.0 Å². The molecule has 2 fully saturated rings. The molecule has 0 unspecified atom stereocenters. The highest BCUT2D eigenvalue weighted by molar-refractivity contribution is 7.91. The van der Waals surface area contributed by atoms with E-state index in [1.165, 1.54) is 21.7 Å². The zero-order valence-corrected chi connectivity index (χ0v) is 26.8. The molecule has 3 atom stereocenters. The van der Waals surface area contributed by atoms with E-state index in [0.717, 1.165) is 35.2 Å². The monoisotopic (exact) mass is 702 g/mol. The zero-order chi connectivity index (χ0) is 35.2. The molecule has 0 saturated carbocycles. The summed E-state index contributed by atoms with van der Waals surface area (Å²) in [6.07, 6.45) is -3.85. The van der Waals surface area contributed by atoms with Crippen molar-refractivity contribution in [2.75, 3.05) is 36.3 Å². The van der Waals surface area contributed by atoms with Crippen LogP contribution < -0.4 is 10.2 Å². The van der Waals surface area contributed by atoms with Gasteiger partial charge in [0.05, 0.1) is 23.4 Å². The smallest absolute Gasteiger partial charge is 0.381 e. The van der Waals surface area contributed by atoms with Crippen molar-refractivity contribution in [2.45, 2.75) is 50.0 Å². The molecule has 3 aliphatic rings. The second-order valence-electron chi connectivity index (χ2n) is 12.0. The largest absolute Gasteiger partial charge is 0.416 e. The van der Waals surface area contributed by atoms with E-state index in [4.69, 9.17) is 4.74 Å². The number of anilines is 1. The minimum atomic E-state index is -4.75. The van der Waals surface area contributed by atoms with E-state index < -0.39 is 74.7 Å². The number of amides is 3. The number of likely N-dealkylation sites (N-methyl/N-ethyl adjacent to an activating group) is 1. The van der Waals surface area contributed by atoms with Gasteiger partial charge in [0.15, 0.2) is 15.5 Å². The van der Waals surface area contributed by atoms with E-state index in [9.17, 15) is 45.6 Å². The molecule has 4 heterocycles. The predicted molar refractivity (Wildman–Crippen MR) is 165 cm³/mol. The number of alkyl halides is 3. The molecular weight excluding hydrogens is 672 g/mol. The van der Waals surface area contributed by atoms with Crippen LogP contribution in [0.3, 0.4) is 0 Å². The quantitative estimate of drug-likeness (QED) is 0.384. The van der Waals surface area contributed by atoms with Gasteiger partial charge in [-0.1, -0.05) is 18.2 Å². The molecule has 1 N–H and O–H groups in total. The molecule has 49 heavy (non-hydrogen) atoms. The van der Waals surface area contributed by atoms with Gasteiger partial charge in [-0.25, -0.2) is 17.5 Å². The normalized spacial score (nSPS) is 22.4. The number of hydrogen-bond acceptors (Lipinski definition) is 8. The molecule has 3 aromatic rings. The van der Waals surface area contributed by atoms with Crippen LogP contribution in [0.15, 0.2) is 48.5 Å². The van der Waals surface area contributed by atoms with Crippen molar-refractivity contribution >= 4 is 33.4 Å². The zero-order valence-electron chi connectivity index (χ0n) is 26.0. The molecular formula is C32H30F4N6O6S. The minimum Gasteiger partial charge on any atom is -0.381 e. The lowest BCUT2D eigenvalue weighted by atomic mass is 9.80. The first-order valence-corrected chi connectivity index (χ1v) is 17.2. The summed E-state index contributed by atoms with van der Waals surface area (Å²) in [5.74, 6) is -5.61. The average molecular weight is 703 g/mol. The van der Waals surface area contributed by atoms with Gasteiger partial charge in [0.25, 0.3) is 17.7 Å². The van der Waals surface area contributed by atoms with Crippen molar-refractivity contribution in [3.05, 3.63) is 82.3 Å². The number of ether oxygens (including phenoxy) is 1. The van der Waals surface area contributed by atoms with Gasteiger partial charge in [0.2, 0.25) is 0 Å². The maximum Gasteiger partial charge on any atom is 0.416 e. The molecule has 258 valence electrons. The second-order valence-corrected chi connectivity index (χ2v) is 14.1. The number of rotatable bonds is 6. The Balaban J connectivity index is 1.55. The first-order chi connectivity index (χ1) is 23.2. The molecule has 0 radical (unpaired) electrons. The molecule has 17 heteroatoms. The molecule has 6 rings (SSSR count). The molecule has 2 saturated heterocycles. The van der Waals surface area contributed by atoms with Crippen molar-refractivity contribution in [3.8, 4) is 6.07 Å². The Morgan fingerprint density at radius 1 is 1.12 bits per heavy atom. The number of nitriles is 1. The summed E-state index contributed by atoms with van der Waals surface area (Å²) in [7, 11) is -3.82. The standard InChI is InChI=1S/C32H30F4N6O6S/c1-2-40-29-25(27(39-42(29)22-10-12-48-13-11-22)31(45)41-17-49(46,47)16-23(41)15-37)24(18-6-8-21(33)9-7-18)26(30(40)44)38-28(43)19-4-3-5-20(14-19)32(34,35)36/h3-9,14,22-24,26H,2,10-13,16-17H2,1H3,(H,38,43)/t23-,24+,26+/m1/s1. The highest BCUT2D eigenvalue weighted by Gasteiger charge is 2.50. The summed E-state index contributed by atoms with van der Waals surface area (Å²) in [5.41, 5.74) is -1.38. The highest BCUT2D eigenvalue weighted by Crippen LogP contribution is 2.45. The van der Waals surface area contributed by atoms with Gasteiger partial charge in [-0.3, -0.25) is 19.3 Å². The van der Waals surface area contributed by atoms with E-state index in [-0.39, 0.29) is 40.8 Å². The fourth-order valence-corrected chi connectivity index (χ4v) is 8.15. The number of benzene rings is 2. The van der Waals surface area contributed by atoms with E-state index in [2.05, 4.69) is 10.4 Å². The molecule has 12 nitrogen and oxygen atoms in total. The van der Waals surface area contributed by atoms with Gasteiger partial charge < -0.3 is 15.0 Å². The minimum absolute atomic E-state index is 0.0133. The second kappa shape index (κ2) is 12.9. The molecule has 1 aromatic heterocycles. The number of fused-ring (bicyclic) bond motifs is 1. The SMILES string of the molecule is CCN1C(=O)[C@@H](NC(=O)c2cccc(C(F)(F)F)c2)[C@@H](c2ccc(F)cc2)c2c(C(=O)N3CS(=O)(=O)C[C@H]3C#N)nn(C3CCOCC3)c21.